The highest BCUT2D eigenvalue weighted by Crippen LogP contribution is 2.30. The zero-order valence-corrected chi connectivity index (χ0v) is 16.6. The summed E-state index contributed by atoms with van der Waals surface area (Å²) in [5, 5.41) is 14.3. The molecule has 1 N–H and O–H groups in total. The highest BCUT2D eigenvalue weighted by atomic mass is 35.5. The predicted octanol–water partition coefficient (Wildman–Crippen LogP) is 3.42. The summed E-state index contributed by atoms with van der Waals surface area (Å²) >= 11 is 5.87. The minimum atomic E-state index is -0.870. The molecule has 0 unspecified atom stereocenters. The van der Waals surface area contributed by atoms with E-state index < -0.39 is 34.9 Å². The molecular weight excluding hydrogens is 426 g/mol. The Morgan fingerprint density at radius 3 is 2.52 bits per heavy atom. The van der Waals surface area contributed by atoms with Crippen LogP contribution in [0, 0.1) is 10.1 Å². The number of fused-ring (bicyclic) bond motifs is 1. The van der Waals surface area contributed by atoms with Crippen molar-refractivity contribution in [3.05, 3.63) is 86.6 Å². The van der Waals surface area contributed by atoms with E-state index in [1.807, 2.05) is 0 Å². The monoisotopic (exact) mass is 439 g/mol. The predicted molar refractivity (Wildman–Crippen MR) is 109 cm³/mol. The number of carbonyl (C=O) groups is 3. The number of hydrogen-bond donors (Lipinski definition) is 1. The van der Waals surface area contributed by atoms with E-state index in [-0.39, 0.29) is 17.7 Å². The molecule has 0 atom stereocenters. The molecule has 156 valence electrons. The molecule has 0 fully saturated rings. The molecule has 9 nitrogen and oxygen atoms in total. The standard InChI is InChI=1S/C21H14ClN3O6/c22-13-6-4-12(5-7-13)17-9-8-14(31-17)10-23-18(26)11-24-20(27)15-2-1-3-16(25(29)30)19(15)21(24)28/h1-9H,10-11H2,(H,23,26). The number of hydrogen-bond acceptors (Lipinski definition) is 6. The molecule has 4 rings (SSSR count). The van der Waals surface area contributed by atoms with Gasteiger partial charge in [-0.1, -0.05) is 17.7 Å². The van der Waals surface area contributed by atoms with Crippen molar-refractivity contribution in [1.29, 1.82) is 0 Å². The third kappa shape index (κ3) is 3.90. The Kier molecular flexibility index (Phi) is 5.26. The molecule has 2 aromatic carbocycles. The van der Waals surface area contributed by atoms with Crippen LogP contribution in [0.4, 0.5) is 5.69 Å². The summed E-state index contributed by atoms with van der Waals surface area (Å²) in [5.74, 6) is -1.17. The number of nitro benzene ring substituents is 1. The summed E-state index contributed by atoms with van der Waals surface area (Å²) < 4.78 is 5.68. The summed E-state index contributed by atoms with van der Waals surface area (Å²) in [6, 6.07) is 14.3. The van der Waals surface area contributed by atoms with Crippen LogP contribution in [0.2, 0.25) is 5.02 Å². The lowest BCUT2D eigenvalue weighted by Crippen LogP contribution is -2.40. The van der Waals surface area contributed by atoms with Crippen LogP contribution < -0.4 is 5.32 Å². The van der Waals surface area contributed by atoms with Gasteiger partial charge in [0.05, 0.1) is 17.0 Å². The van der Waals surface area contributed by atoms with E-state index in [1.165, 1.54) is 12.1 Å². The Morgan fingerprint density at radius 1 is 1.06 bits per heavy atom. The number of nitrogens with zero attached hydrogens (tertiary/aromatic N) is 2. The van der Waals surface area contributed by atoms with Gasteiger partial charge in [0.25, 0.3) is 17.5 Å². The SMILES string of the molecule is O=C(CN1C(=O)c2cccc([N+](=O)[O-])c2C1=O)NCc1ccc(-c2ccc(Cl)cc2)o1. The van der Waals surface area contributed by atoms with Crippen LogP contribution in [-0.2, 0) is 11.3 Å². The average molecular weight is 440 g/mol. The van der Waals surface area contributed by atoms with Crippen LogP contribution in [0.1, 0.15) is 26.5 Å². The first kappa shape index (κ1) is 20.3. The van der Waals surface area contributed by atoms with Gasteiger partial charge in [0, 0.05) is 16.7 Å². The Bertz CT molecular complexity index is 1220. The number of nitro groups is 1. The zero-order valence-electron chi connectivity index (χ0n) is 15.8. The average Bonchev–Trinajstić information content (AvgIpc) is 3.32. The Labute approximate surface area is 180 Å². The number of furan rings is 1. The van der Waals surface area contributed by atoms with Crippen molar-refractivity contribution in [2.24, 2.45) is 0 Å². The summed E-state index contributed by atoms with van der Waals surface area (Å²) in [6.07, 6.45) is 0. The fourth-order valence-corrected chi connectivity index (χ4v) is 3.36. The molecule has 0 saturated heterocycles. The van der Waals surface area contributed by atoms with E-state index in [9.17, 15) is 24.5 Å². The van der Waals surface area contributed by atoms with Crippen LogP contribution in [0.25, 0.3) is 11.3 Å². The third-order valence-electron chi connectivity index (χ3n) is 4.73. The van der Waals surface area contributed by atoms with Crippen molar-refractivity contribution in [1.82, 2.24) is 10.2 Å². The molecule has 2 heterocycles. The fourth-order valence-electron chi connectivity index (χ4n) is 3.24. The van der Waals surface area contributed by atoms with Crippen LogP contribution in [0.5, 0.6) is 0 Å². The van der Waals surface area contributed by atoms with Crippen molar-refractivity contribution in [3.8, 4) is 11.3 Å². The molecule has 31 heavy (non-hydrogen) atoms. The van der Waals surface area contributed by atoms with Crippen molar-refractivity contribution in [2.45, 2.75) is 6.54 Å². The van der Waals surface area contributed by atoms with E-state index >= 15 is 0 Å². The van der Waals surface area contributed by atoms with Crippen molar-refractivity contribution >= 4 is 35.0 Å². The van der Waals surface area contributed by atoms with Crippen molar-refractivity contribution < 1.29 is 23.7 Å². The van der Waals surface area contributed by atoms with Gasteiger partial charge in [-0.15, -0.1) is 0 Å². The van der Waals surface area contributed by atoms with Gasteiger partial charge in [-0.3, -0.25) is 29.4 Å². The maximum atomic E-state index is 12.5. The molecule has 1 aliphatic heterocycles. The molecule has 0 saturated carbocycles. The summed E-state index contributed by atoms with van der Waals surface area (Å²) in [7, 11) is 0. The maximum absolute atomic E-state index is 12.5. The molecular formula is C21H14ClN3O6. The lowest BCUT2D eigenvalue weighted by Gasteiger charge is -2.13. The highest BCUT2D eigenvalue weighted by molar-refractivity contribution is 6.30. The van der Waals surface area contributed by atoms with Crippen molar-refractivity contribution in [3.63, 3.8) is 0 Å². The quantitative estimate of drug-likeness (QED) is 0.356. The summed E-state index contributed by atoms with van der Waals surface area (Å²) in [6.45, 7) is -0.524. The molecule has 0 radical (unpaired) electrons. The maximum Gasteiger partial charge on any atom is 0.282 e. The number of benzene rings is 2. The van der Waals surface area contributed by atoms with Gasteiger partial charge in [-0.25, -0.2) is 0 Å². The molecule has 1 aromatic heterocycles. The van der Waals surface area contributed by atoms with E-state index in [0.29, 0.717) is 21.4 Å². The minimum absolute atomic E-state index is 0.0374. The largest absolute Gasteiger partial charge is 0.459 e. The minimum Gasteiger partial charge on any atom is -0.459 e. The number of carbonyl (C=O) groups excluding carboxylic acids is 3. The molecule has 3 aromatic rings. The zero-order chi connectivity index (χ0) is 22.1. The summed E-state index contributed by atoms with van der Waals surface area (Å²) in [4.78, 5) is 48.4. The van der Waals surface area contributed by atoms with E-state index in [2.05, 4.69) is 5.32 Å². The number of halogens is 1. The molecule has 3 amide bonds. The molecule has 0 aliphatic carbocycles. The van der Waals surface area contributed by atoms with Gasteiger partial charge in [-0.2, -0.15) is 0 Å². The number of nitrogens with one attached hydrogen (secondary N) is 1. The normalized spacial score (nSPS) is 12.7. The Balaban J connectivity index is 1.40. The molecule has 0 spiro atoms. The second-order valence-corrected chi connectivity index (χ2v) is 7.14. The first-order valence-corrected chi connectivity index (χ1v) is 9.48. The van der Waals surface area contributed by atoms with Crippen LogP contribution in [0.15, 0.2) is 59.0 Å². The lowest BCUT2D eigenvalue weighted by atomic mass is 10.1. The topological polar surface area (TPSA) is 123 Å². The van der Waals surface area contributed by atoms with Crippen molar-refractivity contribution in [2.75, 3.05) is 6.54 Å². The first-order valence-electron chi connectivity index (χ1n) is 9.10. The number of amides is 3. The van der Waals surface area contributed by atoms with Gasteiger partial charge >= 0.3 is 0 Å². The van der Waals surface area contributed by atoms with Gasteiger partial charge in [0.1, 0.15) is 23.6 Å². The summed E-state index contributed by atoms with van der Waals surface area (Å²) in [5.41, 5.74) is -0.0479. The molecule has 0 bridgehead atoms. The van der Waals surface area contributed by atoms with E-state index in [1.54, 1.807) is 36.4 Å². The Morgan fingerprint density at radius 2 is 1.81 bits per heavy atom. The molecule has 1 aliphatic rings. The number of imide groups is 1. The van der Waals surface area contributed by atoms with E-state index in [4.69, 9.17) is 16.0 Å². The third-order valence-corrected chi connectivity index (χ3v) is 4.98. The second-order valence-electron chi connectivity index (χ2n) is 6.70. The van der Waals surface area contributed by atoms with Crippen LogP contribution >= 0.6 is 11.6 Å². The van der Waals surface area contributed by atoms with E-state index in [0.717, 1.165) is 11.6 Å². The van der Waals surface area contributed by atoms with Gasteiger partial charge in [0.15, 0.2) is 0 Å². The highest BCUT2D eigenvalue weighted by Gasteiger charge is 2.41. The number of rotatable bonds is 6. The van der Waals surface area contributed by atoms with Crippen LogP contribution in [0.3, 0.4) is 0 Å². The lowest BCUT2D eigenvalue weighted by molar-refractivity contribution is -0.385. The van der Waals surface area contributed by atoms with Gasteiger partial charge < -0.3 is 9.73 Å². The Hall–Kier alpha value is -3.98. The van der Waals surface area contributed by atoms with Gasteiger partial charge in [0.2, 0.25) is 5.91 Å². The first-order chi connectivity index (χ1) is 14.8. The second kappa shape index (κ2) is 8.04. The fraction of sp³-hybridized carbons (Fsp3) is 0.0952. The van der Waals surface area contributed by atoms with Crippen LogP contribution in [-0.4, -0.2) is 34.1 Å². The van der Waals surface area contributed by atoms with Gasteiger partial charge in [-0.05, 0) is 42.5 Å². The molecule has 10 heteroatoms. The smallest absolute Gasteiger partial charge is 0.282 e.